The van der Waals surface area contributed by atoms with E-state index in [4.69, 9.17) is 4.98 Å². The number of piperidine rings is 1. The molecular formula is C29H32N4O2. The maximum absolute atomic E-state index is 13.1. The zero-order valence-electron chi connectivity index (χ0n) is 20.2. The number of nitrogens with one attached hydrogen (secondary N) is 2. The Morgan fingerprint density at radius 2 is 1.91 bits per heavy atom. The summed E-state index contributed by atoms with van der Waals surface area (Å²) < 4.78 is 0. The normalized spacial score (nSPS) is 17.2. The maximum Gasteiger partial charge on any atom is 0.227 e. The minimum atomic E-state index is -0.251. The number of nitrogens with zero attached hydrogens (tertiary/aromatic N) is 2. The molecule has 6 heteroatoms. The average molecular weight is 469 g/mol. The molecule has 180 valence electrons. The van der Waals surface area contributed by atoms with Gasteiger partial charge in [-0.2, -0.15) is 0 Å². The third-order valence-electron chi connectivity index (χ3n) is 7.24. The van der Waals surface area contributed by atoms with Crippen molar-refractivity contribution in [2.75, 3.05) is 30.3 Å². The van der Waals surface area contributed by atoms with Gasteiger partial charge in [-0.3, -0.25) is 9.69 Å². The number of carbonyl (C=O) groups is 2. The maximum atomic E-state index is 13.1. The first kappa shape index (κ1) is 23.2. The Labute approximate surface area is 206 Å². The van der Waals surface area contributed by atoms with Crippen LogP contribution in [0.4, 0.5) is 11.5 Å². The van der Waals surface area contributed by atoms with Crippen LogP contribution in [0.25, 0.3) is 11.3 Å². The fourth-order valence-electron chi connectivity index (χ4n) is 5.16. The van der Waals surface area contributed by atoms with E-state index in [1.807, 2.05) is 48.5 Å². The molecule has 1 fully saturated rings. The minimum absolute atomic E-state index is 0.0434. The molecule has 0 bridgehead atoms. The molecule has 1 amide bonds. The standard InChI is InChI=1S/C29H32N4O2/c1-20-9-11-24(18-25(20)26-12-10-22-8-5-15-30-28(22)32-26)31-29(35)23-13-16-33(17-14-23)27(19-34)21-6-3-2-4-7-21/h2-4,6-7,9-12,18-19,23,27H,5,8,13-17H2,1H3,(H,30,32)(H,31,35). The Morgan fingerprint density at radius 3 is 2.69 bits per heavy atom. The number of aromatic nitrogens is 1. The van der Waals surface area contributed by atoms with Crippen LogP contribution in [0.3, 0.4) is 0 Å². The number of benzene rings is 2. The zero-order chi connectivity index (χ0) is 24.2. The molecule has 6 nitrogen and oxygen atoms in total. The molecule has 1 atom stereocenters. The van der Waals surface area contributed by atoms with Crippen molar-refractivity contribution < 1.29 is 9.59 Å². The molecule has 1 saturated heterocycles. The number of aldehydes is 1. The van der Waals surface area contributed by atoms with Crippen molar-refractivity contribution in [3.63, 3.8) is 0 Å². The first-order chi connectivity index (χ1) is 17.1. The van der Waals surface area contributed by atoms with Crippen molar-refractivity contribution in [3.8, 4) is 11.3 Å². The van der Waals surface area contributed by atoms with Crippen LogP contribution in [-0.2, 0) is 16.0 Å². The number of hydrogen-bond donors (Lipinski definition) is 2. The minimum Gasteiger partial charge on any atom is -0.370 e. The van der Waals surface area contributed by atoms with Crippen LogP contribution >= 0.6 is 0 Å². The Balaban J connectivity index is 1.24. The highest BCUT2D eigenvalue weighted by Crippen LogP contribution is 2.30. The first-order valence-electron chi connectivity index (χ1n) is 12.5. The van der Waals surface area contributed by atoms with Crippen LogP contribution in [0.2, 0.25) is 0 Å². The second-order valence-corrected chi connectivity index (χ2v) is 9.56. The molecule has 2 N–H and O–H groups in total. The number of rotatable bonds is 6. The molecule has 0 aliphatic carbocycles. The molecule has 2 aromatic carbocycles. The number of likely N-dealkylation sites (tertiary alicyclic amines) is 1. The van der Waals surface area contributed by atoms with Gasteiger partial charge in [-0.1, -0.05) is 42.5 Å². The van der Waals surface area contributed by atoms with Crippen molar-refractivity contribution in [3.05, 3.63) is 77.4 Å². The molecule has 5 rings (SSSR count). The van der Waals surface area contributed by atoms with E-state index in [9.17, 15) is 9.59 Å². The summed E-state index contributed by atoms with van der Waals surface area (Å²) in [6.07, 6.45) is 4.67. The summed E-state index contributed by atoms with van der Waals surface area (Å²) in [5.41, 5.74) is 6.13. The summed E-state index contributed by atoms with van der Waals surface area (Å²) in [7, 11) is 0. The van der Waals surface area contributed by atoms with Gasteiger partial charge in [-0.25, -0.2) is 4.98 Å². The van der Waals surface area contributed by atoms with E-state index in [2.05, 4.69) is 34.6 Å². The molecule has 0 spiro atoms. The van der Waals surface area contributed by atoms with Gasteiger partial charge >= 0.3 is 0 Å². The van der Waals surface area contributed by atoms with E-state index in [1.165, 1.54) is 5.56 Å². The smallest absolute Gasteiger partial charge is 0.227 e. The molecular weight excluding hydrogens is 436 g/mol. The number of pyridine rings is 1. The largest absolute Gasteiger partial charge is 0.370 e. The van der Waals surface area contributed by atoms with Crippen molar-refractivity contribution >= 4 is 23.7 Å². The van der Waals surface area contributed by atoms with Gasteiger partial charge in [0, 0.05) is 23.7 Å². The highest BCUT2D eigenvalue weighted by atomic mass is 16.2. The summed E-state index contributed by atoms with van der Waals surface area (Å²) in [5, 5.41) is 6.53. The molecule has 35 heavy (non-hydrogen) atoms. The SMILES string of the molecule is Cc1ccc(NC(=O)C2CCN(C(C=O)c3ccccc3)CC2)cc1-c1ccc2c(n1)NCCC2. The highest BCUT2D eigenvalue weighted by Gasteiger charge is 2.29. The molecule has 3 heterocycles. The van der Waals surface area contributed by atoms with Gasteiger partial charge in [0.25, 0.3) is 0 Å². The fourth-order valence-corrected chi connectivity index (χ4v) is 5.16. The van der Waals surface area contributed by atoms with E-state index in [-0.39, 0.29) is 17.9 Å². The number of anilines is 2. The second kappa shape index (κ2) is 10.4. The van der Waals surface area contributed by atoms with Crippen LogP contribution in [0.15, 0.2) is 60.7 Å². The van der Waals surface area contributed by atoms with Gasteiger partial charge < -0.3 is 15.4 Å². The summed E-state index contributed by atoms with van der Waals surface area (Å²) in [4.78, 5) is 31.9. The van der Waals surface area contributed by atoms with Crippen LogP contribution < -0.4 is 10.6 Å². The van der Waals surface area contributed by atoms with Gasteiger partial charge in [0.15, 0.2) is 0 Å². The van der Waals surface area contributed by atoms with E-state index in [1.54, 1.807) is 0 Å². The molecule has 3 aromatic rings. The van der Waals surface area contributed by atoms with E-state index >= 15 is 0 Å². The van der Waals surface area contributed by atoms with E-state index in [0.717, 1.165) is 85.5 Å². The topological polar surface area (TPSA) is 74.3 Å². The Kier molecular flexibility index (Phi) is 6.91. The highest BCUT2D eigenvalue weighted by molar-refractivity contribution is 5.93. The predicted molar refractivity (Wildman–Crippen MR) is 139 cm³/mol. The van der Waals surface area contributed by atoms with Crippen LogP contribution in [0.5, 0.6) is 0 Å². The Bertz CT molecular complexity index is 1200. The monoisotopic (exact) mass is 468 g/mol. The lowest BCUT2D eigenvalue weighted by atomic mass is 9.93. The van der Waals surface area contributed by atoms with Crippen LogP contribution in [0.1, 0.15) is 42.0 Å². The first-order valence-corrected chi connectivity index (χ1v) is 12.5. The summed E-state index contributed by atoms with van der Waals surface area (Å²) >= 11 is 0. The quantitative estimate of drug-likeness (QED) is 0.498. The molecule has 2 aliphatic rings. The van der Waals surface area contributed by atoms with Crippen molar-refractivity contribution in [1.29, 1.82) is 0 Å². The van der Waals surface area contributed by atoms with Crippen LogP contribution in [-0.4, -0.2) is 41.7 Å². The summed E-state index contributed by atoms with van der Waals surface area (Å²) in [5.74, 6) is 0.950. The van der Waals surface area contributed by atoms with Gasteiger partial charge in [0.2, 0.25) is 5.91 Å². The molecule has 1 unspecified atom stereocenters. The molecule has 2 aliphatic heterocycles. The fraction of sp³-hybridized carbons (Fsp3) is 0.345. The third kappa shape index (κ3) is 5.13. The number of aryl methyl sites for hydroxylation is 2. The van der Waals surface area contributed by atoms with E-state index in [0.29, 0.717) is 0 Å². The van der Waals surface area contributed by atoms with Gasteiger partial charge in [0.05, 0.1) is 11.7 Å². The second-order valence-electron chi connectivity index (χ2n) is 9.56. The van der Waals surface area contributed by atoms with Crippen molar-refractivity contribution in [2.24, 2.45) is 5.92 Å². The van der Waals surface area contributed by atoms with Gasteiger partial charge in [-0.15, -0.1) is 0 Å². The van der Waals surface area contributed by atoms with Gasteiger partial charge in [0.1, 0.15) is 12.1 Å². The lowest BCUT2D eigenvalue weighted by Gasteiger charge is -2.35. The lowest BCUT2D eigenvalue weighted by molar-refractivity contribution is -0.121. The molecule has 1 aromatic heterocycles. The lowest BCUT2D eigenvalue weighted by Crippen LogP contribution is -2.40. The molecule has 0 saturated carbocycles. The third-order valence-corrected chi connectivity index (χ3v) is 7.24. The number of amides is 1. The van der Waals surface area contributed by atoms with Crippen LogP contribution in [0, 0.1) is 12.8 Å². The van der Waals surface area contributed by atoms with Crippen molar-refractivity contribution in [2.45, 2.75) is 38.6 Å². The number of fused-ring (bicyclic) bond motifs is 1. The van der Waals surface area contributed by atoms with Crippen molar-refractivity contribution in [1.82, 2.24) is 9.88 Å². The van der Waals surface area contributed by atoms with E-state index < -0.39 is 0 Å². The average Bonchev–Trinajstić information content (AvgIpc) is 2.91. The Morgan fingerprint density at radius 1 is 1.11 bits per heavy atom. The molecule has 0 radical (unpaired) electrons. The van der Waals surface area contributed by atoms with Gasteiger partial charge in [-0.05, 0) is 80.6 Å². The summed E-state index contributed by atoms with van der Waals surface area (Å²) in [6, 6.07) is 19.8. The predicted octanol–water partition coefficient (Wildman–Crippen LogP) is 5.01. The Hall–Kier alpha value is -3.51. The zero-order valence-corrected chi connectivity index (χ0v) is 20.2. The summed E-state index contributed by atoms with van der Waals surface area (Å²) in [6.45, 7) is 4.47. The number of carbonyl (C=O) groups excluding carboxylic acids is 2. The number of hydrogen-bond acceptors (Lipinski definition) is 5.